The molecule has 0 bridgehead atoms. The number of amides is 5. The molecule has 0 spiro atoms. The van der Waals surface area contributed by atoms with Gasteiger partial charge in [-0.1, -0.05) is 23.7 Å². The van der Waals surface area contributed by atoms with Crippen molar-refractivity contribution in [2.75, 3.05) is 37.5 Å². The maximum atomic E-state index is 13.1. The van der Waals surface area contributed by atoms with Crippen LogP contribution in [0.4, 0.5) is 20.6 Å². The molecule has 11 nitrogen and oxygen atoms in total. The monoisotopic (exact) mass is 596 g/mol. The number of rotatable bonds is 11. The SMILES string of the molecule is CCOc1cc(/C=C2/NC(=O)N(CC(=O)Nc3ccccc3OC)C2=O)cc(Cl)c1OCC(=O)Nc1ccc(F)cc1. The number of hydrogen-bond acceptors (Lipinski definition) is 7. The highest BCUT2D eigenvalue weighted by Crippen LogP contribution is 2.37. The van der Waals surface area contributed by atoms with Gasteiger partial charge in [0.1, 0.15) is 23.8 Å². The van der Waals surface area contributed by atoms with Gasteiger partial charge in [0.05, 0.1) is 24.4 Å². The Labute approximate surface area is 245 Å². The molecule has 0 unspecified atom stereocenters. The number of benzene rings is 3. The third-order valence-corrected chi connectivity index (χ3v) is 6.04. The van der Waals surface area contributed by atoms with Crippen molar-refractivity contribution in [3.05, 3.63) is 82.8 Å². The van der Waals surface area contributed by atoms with E-state index in [2.05, 4.69) is 16.0 Å². The normalized spacial score (nSPS) is 13.5. The molecule has 1 fully saturated rings. The Bertz CT molecular complexity index is 1550. The summed E-state index contributed by atoms with van der Waals surface area (Å²) in [6, 6.07) is 14.2. The lowest BCUT2D eigenvalue weighted by Gasteiger charge is -2.15. The molecule has 5 amide bonds. The minimum atomic E-state index is -0.773. The number of anilines is 2. The van der Waals surface area contributed by atoms with E-state index in [4.69, 9.17) is 25.8 Å². The standard InChI is InChI=1S/C29H26ClFN4O7/c1-3-41-24-14-17(12-20(30)27(24)42-16-26(37)32-19-10-8-18(31)9-11-19)13-22-28(38)35(29(39)34-22)15-25(36)33-21-6-4-5-7-23(21)40-2/h4-14H,3,15-16H2,1-2H3,(H,32,37)(H,33,36)(H,34,39)/b22-13+. The van der Waals surface area contributed by atoms with E-state index in [1.165, 1.54) is 49.6 Å². The minimum absolute atomic E-state index is 0.0761. The number of nitrogens with zero attached hydrogens (tertiary/aromatic N) is 1. The van der Waals surface area contributed by atoms with E-state index in [-0.39, 0.29) is 28.8 Å². The second kappa shape index (κ2) is 13.5. The van der Waals surface area contributed by atoms with E-state index in [9.17, 15) is 23.6 Å². The Morgan fingerprint density at radius 1 is 1.00 bits per heavy atom. The highest BCUT2D eigenvalue weighted by atomic mass is 35.5. The highest BCUT2D eigenvalue weighted by molar-refractivity contribution is 6.32. The van der Waals surface area contributed by atoms with Crippen LogP contribution in [0.15, 0.2) is 66.4 Å². The zero-order chi connectivity index (χ0) is 30.2. The van der Waals surface area contributed by atoms with Crippen LogP contribution in [0.1, 0.15) is 12.5 Å². The van der Waals surface area contributed by atoms with Gasteiger partial charge in [-0.15, -0.1) is 0 Å². The molecule has 0 radical (unpaired) electrons. The second-order valence-corrected chi connectivity index (χ2v) is 9.14. The summed E-state index contributed by atoms with van der Waals surface area (Å²) in [5.74, 6) is -1.57. The maximum absolute atomic E-state index is 13.1. The number of ether oxygens (including phenoxy) is 3. The van der Waals surface area contributed by atoms with Crippen LogP contribution in [0.3, 0.4) is 0 Å². The molecule has 1 aliphatic heterocycles. The fourth-order valence-corrected chi connectivity index (χ4v) is 4.18. The van der Waals surface area contributed by atoms with E-state index in [0.717, 1.165) is 4.90 Å². The molecule has 3 aromatic rings. The van der Waals surface area contributed by atoms with Crippen LogP contribution in [0, 0.1) is 5.82 Å². The number of urea groups is 1. The summed E-state index contributed by atoms with van der Waals surface area (Å²) >= 11 is 6.43. The quantitative estimate of drug-likeness (QED) is 0.220. The third-order valence-electron chi connectivity index (χ3n) is 5.76. The topological polar surface area (TPSA) is 135 Å². The van der Waals surface area contributed by atoms with Gasteiger partial charge in [0.25, 0.3) is 11.8 Å². The molecule has 3 aromatic carbocycles. The van der Waals surface area contributed by atoms with Crippen LogP contribution < -0.4 is 30.2 Å². The molecule has 218 valence electrons. The minimum Gasteiger partial charge on any atom is -0.495 e. The number of nitrogens with one attached hydrogen (secondary N) is 3. The van der Waals surface area contributed by atoms with Gasteiger partial charge in [-0.2, -0.15) is 0 Å². The number of halogens is 2. The third kappa shape index (κ3) is 7.34. The summed E-state index contributed by atoms with van der Waals surface area (Å²) in [5, 5.41) is 7.72. The predicted molar refractivity (Wildman–Crippen MR) is 153 cm³/mol. The van der Waals surface area contributed by atoms with Gasteiger partial charge >= 0.3 is 6.03 Å². The Balaban J connectivity index is 1.44. The van der Waals surface area contributed by atoms with Crippen molar-refractivity contribution in [2.45, 2.75) is 6.92 Å². The number of para-hydroxylation sites is 2. The number of carbonyl (C=O) groups excluding carboxylic acids is 4. The van der Waals surface area contributed by atoms with Crippen molar-refractivity contribution in [3.8, 4) is 17.2 Å². The molecule has 0 saturated carbocycles. The second-order valence-electron chi connectivity index (χ2n) is 8.73. The molecule has 1 heterocycles. The molecular formula is C29H26ClFN4O7. The molecule has 13 heteroatoms. The van der Waals surface area contributed by atoms with E-state index < -0.39 is 42.7 Å². The van der Waals surface area contributed by atoms with Gasteiger partial charge in [0.15, 0.2) is 18.1 Å². The smallest absolute Gasteiger partial charge is 0.329 e. The first-order chi connectivity index (χ1) is 20.2. The average Bonchev–Trinajstić information content (AvgIpc) is 3.21. The fraction of sp³-hybridized carbons (Fsp3) is 0.172. The average molecular weight is 597 g/mol. The lowest BCUT2D eigenvalue weighted by Crippen LogP contribution is -2.38. The van der Waals surface area contributed by atoms with Crippen LogP contribution in [-0.4, -0.2) is 55.5 Å². The lowest BCUT2D eigenvalue weighted by atomic mass is 10.1. The summed E-state index contributed by atoms with van der Waals surface area (Å²) in [7, 11) is 1.45. The Morgan fingerprint density at radius 2 is 1.74 bits per heavy atom. The molecule has 1 saturated heterocycles. The molecule has 0 atom stereocenters. The summed E-state index contributed by atoms with van der Waals surface area (Å²) in [6.45, 7) is 1.02. The van der Waals surface area contributed by atoms with Gasteiger partial charge in [-0.05, 0) is 67.1 Å². The van der Waals surface area contributed by atoms with Crippen molar-refractivity contribution < 1.29 is 37.8 Å². The number of hydrogen-bond donors (Lipinski definition) is 3. The van der Waals surface area contributed by atoms with Crippen molar-refractivity contribution in [3.63, 3.8) is 0 Å². The largest absolute Gasteiger partial charge is 0.495 e. The zero-order valence-corrected chi connectivity index (χ0v) is 23.3. The number of methoxy groups -OCH3 is 1. The molecule has 0 aromatic heterocycles. The number of imide groups is 1. The summed E-state index contributed by atoms with van der Waals surface area (Å²) in [5.41, 5.74) is 1.07. The van der Waals surface area contributed by atoms with Gasteiger partial charge in [-0.3, -0.25) is 14.4 Å². The van der Waals surface area contributed by atoms with Crippen molar-refractivity contribution >= 4 is 52.8 Å². The predicted octanol–water partition coefficient (Wildman–Crippen LogP) is 4.44. The Morgan fingerprint density at radius 3 is 2.45 bits per heavy atom. The van der Waals surface area contributed by atoms with Crippen LogP contribution in [-0.2, 0) is 14.4 Å². The highest BCUT2D eigenvalue weighted by Gasteiger charge is 2.35. The van der Waals surface area contributed by atoms with Crippen molar-refractivity contribution in [2.24, 2.45) is 0 Å². The molecule has 4 rings (SSSR count). The molecule has 42 heavy (non-hydrogen) atoms. The fourth-order valence-electron chi connectivity index (χ4n) is 3.91. The van der Waals surface area contributed by atoms with Gasteiger partial charge in [0.2, 0.25) is 5.91 Å². The summed E-state index contributed by atoms with van der Waals surface area (Å²) in [4.78, 5) is 51.1. The van der Waals surface area contributed by atoms with Crippen molar-refractivity contribution in [1.82, 2.24) is 10.2 Å². The lowest BCUT2D eigenvalue weighted by molar-refractivity contribution is -0.127. The maximum Gasteiger partial charge on any atom is 0.329 e. The first kappa shape index (κ1) is 29.9. The van der Waals surface area contributed by atoms with Crippen LogP contribution in [0.25, 0.3) is 6.08 Å². The molecule has 1 aliphatic rings. The van der Waals surface area contributed by atoms with E-state index in [1.54, 1.807) is 31.2 Å². The van der Waals surface area contributed by atoms with Crippen LogP contribution in [0.2, 0.25) is 5.02 Å². The van der Waals surface area contributed by atoms with Crippen molar-refractivity contribution in [1.29, 1.82) is 0 Å². The van der Waals surface area contributed by atoms with Crippen LogP contribution >= 0.6 is 11.6 Å². The Kier molecular flexibility index (Phi) is 9.61. The Hall–Kier alpha value is -5.10. The first-order valence-electron chi connectivity index (χ1n) is 12.6. The van der Waals surface area contributed by atoms with Gasteiger partial charge in [-0.25, -0.2) is 14.1 Å². The molecule has 3 N–H and O–H groups in total. The van der Waals surface area contributed by atoms with E-state index in [0.29, 0.717) is 22.7 Å². The van der Waals surface area contributed by atoms with Gasteiger partial charge in [0, 0.05) is 5.69 Å². The number of carbonyl (C=O) groups is 4. The zero-order valence-electron chi connectivity index (χ0n) is 22.5. The van der Waals surface area contributed by atoms with Crippen LogP contribution in [0.5, 0.6) is 17.2 Å². The van der Waals surface area contributed by atoms with E-state index in [1.807, 2.05) is 0 Å². The van der Waals surface area contributed by atoms with E-state index >= 15 is 0 Å². The summed E-state index contributed by atoms with van der Waals surface area (Å²) < 4.78 is 29.5. The first-order valence-corrected chi connectivity index (χ1v) is 13.0. The summed E-state index contributed by atoms with van der Waals surface area (Å²) in [6.07, 6.45) is 1.37. The molecule has 0 aliphatic carbocycles. The molecular weight excluding hydrogens is 571 g/mol. The van der Waals surface area contributed by atoms with Gasteiger partial charge < -0.3 is 30.2 Å².